The van der Waals surface area contributed by atoms with Gasteiger partial charge in [0.05, 0.1) is 20.2 Å². The summed E-state index contributed by atoms with van der Waals surface area (Å²) in [5.74, 6) is 0.669. The molecular formula is C18H16ClN3O4. The molecule has 0 bridgehead atoms. The van der Waals surface area contributed by atoms with E-state index in [-0.39, 0.29) is 13.1 Å². The molecule has 0 saturated carbocycles. The molecule has 26 heavy (non-hydrogen) atoms. The van der Waals surface area contributed by atoms with Gasteiger partial charge >= 0.3 is 17.1 Å². The topological polar surface area (TPSA) is 86.1 Å². The van der Waals surface area contributed by atoms with Crippen molar-refractivity contribution in [2.45, 2.75) is 13.1 Å². The fourth-order valence-corrected chi connectivity index (χ4v) is 2.64. The zero-order valence-corrected chi connectivity index (χ0v) is 14.7. The molecule has 1 aromatic heterocycles. The number of hydrogen-bond acceptors (Lipinski definition) is 4. The van der Waals surface area contributed by atoms with E-state index in [9.17, 15) is 14.4 Å². The minimum atomic E-state index is -0.749. The first-order chi connectivity index (χ1) is 12.5. The normalized spacial score (nSPS) is 10.7. The Labute approximate surface area is 153 Å². The Morgan fingerprint density at radius 1 is 0.846 bits per heavy atom. The molecule has 0 aliphatic heterocycles. The summed E-state index contributed by atoms with van der Waals surface area (Å²) in [7, 11) is 1.55. The maximum absolute atomic E-state index is 12.7. The average Bonchev–Trinajstić information content (AvgIpc) is 2.64. The van der Waals surface area contributed by atoms with Gasteiger partial charge in [-0.05, 0) is 35.4 Å². The number of rotatable bonds is 5. The lowest BCUT2D eigenvalue weighted by atomic mass is 10.2. The van der Waals surface area contributed by atoms with Crippen LogP contribution in [0.15, 0.2) is 62.9 Å². The van der Waals surface area contributed by atoms with Crippen LogP contribution in [-0.2, 0) is 13.1 Å². The Morgan fingerprint density at radius 3 is 1.77 bits per heavy atom. The number of nitrogens with one attached hydrogen (secondary N) is 1. The number of halogens is 1. The van der Waals surface area contributed by atoms with E-state index in [0.29, 0.717) is 10.8 Å². The van der Waals surface area contributed by atoms with Gasteiger partial charge in [0.2, 0.25) is 0 Å². The third kappa shape index (κ3) is 3.78. The predicted octanol–water partition coefficient (Wildman–Crippen LogP) is 1.46. The first-order valence-corrected chi connectivity index (χ1v) is 8.17. The molecule has 0 saturated heterocycles. The summed E-state index contributed by atoms with van der Waals surface area (Å²) in [5, 5.41) is 0.555. The van der Waals surface area contributed by atoms with E-state index in [4.69, 9.17) is 16.3 Å². The summed E-state index contributed by atoms with van der Waals surface area (Å²) in [5.41, 5.74) is -0.722. The molecule has 3 rings (SSSR count). The second-order valence-electron chi connectivity index (χ2n) is 5.66. The largest absolute Gasteiger partial charge is 0.497 e. The molecule has 3 aromatic rings. The van der Waals surface area contributed by atoms with Gasteiger partial charge < -0.3 is 4.74 Å². The first-order valence-electron chi connectivity index (χ1n) is 7.79. The van der Waals surface area contributed by atoms with E-state index in [0.717, 1.165) is 20.3 Å². The fraction of sp³-hybridized carbons (Fsp3) is 0.167. The Morgan fingerprint density at radius 2 is 1.31 bits per heavy atom. The monoisotopic (exact) mass is 373 g/mol. The van der Waals surface area contributed by atoms with Crippen molar-refractivity contribution in [3.63, 3.8) is 0 Å². The van der Waals surface area contributed by atoms with E-state index < -0.39 is 17.1 Å². The van der Waals surface area contributed by atoms with Crippen LogP contribution in [0.1, 0.15) is 11.1 Å². The molecule has 0 fully saturated rings. The van der Waals surface area contributed by atoms with Crippen molar-refractivity contribution < 1.29 is 4.74 Å². The maximum atomic E-state index is 12.7. The van der Waals surface area contributed by atoms with Crippen molar-refractivity contribution >= 4 is 11.6 Å². The average molecular weight is 374 g/mol. The highest BCUT2D eigenvalue weighted by atomic mass is 35.5. The van der Waals surface area contributed by atoms with Crippen molar-refractivity contribution in [3.8, 4) is 5.75 Å². The summed E-state index contributed by atoms with van der Waals surface area (Å²) in [6.07, 6.45) is 0. The molecular weight excluding hydrogens is 358 g/mol. The Hall–Kier alpha value is -3.06. The lowest BCUT2D eigenvalue weighted by Gasteiger charge is -2.10. The standard InChI is InChI=1S/C18H16ClN3O4/c1-26-15-8-4-13(5-9-15)11-22-17(24)20-16(23)21(18(22)25)10-12-2-6-14(19)7-3-12/h2-9H,10-11H2,1H3,(H,20,23,24). The number of H-pyrrole nitrogens is 1. The van der Waals surface area contributed by atoms with E-state index in [1.165, 1.54) is 0 Å². The van der Waals surface area contributed by atoms with Gasteiger partial charge in [0.15, 0.2) is 0 Å². The molecule has 8 heteroatoms. The summed E-state index contributed by atoms with van der Waals surface area (Å²) < 4.78 is 7.05. The summed E-state index contributed by atoms with van der Waals surface area (Å²) in [6, 6.07) is 13.7. The van der Waals surface area contributed by atoms with Gasteiger partial charge in [0.1, 0.15) is 5.75 Å². The summed E-state index contributed by atoms with van der Waals surface area (Å²) in [6.45, 7) is 0.0767. The zero-order chi connectivity index (χ0) is 18.7. The van der Waals surface area contributed by atoms with Crippen molar-refractivity contribution in [1.29, 1.82) is 0 Å². The van der Waals surface area contributed by atoms with Crippen LogP contribution in [0.3, 0.4) is 0 Å². The minimum absolute atomic E-state index is 0.0359. The van der Waals surface area contributed by atoms with Crippen LogP contribution in [-0.4, -0.2) is 21.2 Å². The van der Waals surface area contributed by atoms with Crippen molar-refractivity contribution in [3.05, 3.63) is 96.1 Å². The summed E-state index contributed by atoms with van der Waals surface area (Å²) >= 11 is 5.84. The number of nitrogens with zero attached hydrogens (tertiary/aromatic N) is 2. The van der Waals surface area contributed by atoms with E-state index in [2.05, 4.69) is 4.98 Å². The van der Waals surface area contributed by atoms with Crippen LogP contribution in [0, 0.1) is 0 Å². The van der Waals surface area contributed by atoms with Crippen LogP contribution in [0.4, 0.5) is 0 Å². The van der Waals surface area contributed by atoms with Crippen molar-refractivity contribution in [1.82, 2.24) is 14.1 Å². The number of aromatic amines is 1. The molecule has 1 heterocycles. The van der Waals surface area contributed by atoms with Crippen LogP contribution < -0.4 is 21.8 Å². The third-order valence-corrected chi connectivity index (χ3v) is 4.17. The third-order valence-electron chi connectivity index (χ3n) is 3.92. The van der Waals surface area contributed by atoms with Gasteiger partial charge in [-0.1, -0.05) is 35.9 Å². The van der Waals surface area contributed by atoms with Gasteiger partial charge in [-0.25, -0.2) is 23.5 Å². The second kappa shape index (κ2) is 7.45. The molecule has 0 aliphatic carbocycles. The van der Waals surface area contributed by atoms with Crippen LogP contribution in [0.5, 0.6) is 5.75 Å². The molecule has 0 radical (unpaired) electrons. The quantitative estimate of drug-likeness (QED) is 0.733. The number of hydrogen-bond donors (Lipinski definition) is 1. The minimum Gasteiger partial charge on any atom is -0.497 e. The molecule has 134 valence electrons. The SMILES string of the molecule is COc1ccc(Cn2c(=O)[nH]c(=O)n(Cc3ccc(Cl)cc3)c2=O)cc1. The van der Waals surface area contributed by atoms with Gasteiger partial charge in [-0.15, -0.1) is 0 Å². The Kier molecular flexibility index (Phi) is 5.09. The number of ether oxygens (including phenoxy) is 1. The Balaban J connectivity index is 1.98. The lowest BCUT2D eigenvalue weighted by molar-refractivity contribution is 0.414. The Bertz CT molecular complexity index is 1080. The van der Waals surface area contributed by atoms with Gasteiger partial charge in [0, 0.05) is 5.02 Å². The van der Waals surface area contributed by atoms with Gasteiger partial charge in [-0.2, -0.15) is 0 Å². The highest BCUT2D eigenvalue weighted by molar-refractivity contribution is 6.30. The van der Waals surface area contributed by atoms with Crippen molar-refractivity contribution in [2.75, 3.05) is 7.11 Å². The van der Waals surface area contributed by atoms with E-state index >= 15 is 0 Å². The molecule has 0 amide bonds. The molecule has 0 atom stereocenters. The fourth-order valence-electron chi connectivity index (χ4n) is 2.51. The highest BCUT2D eigenvalue weighted by Gasteiger charge is 2.11. The van der Waals surface area contributed by atoms with Crippen LogP contribution in [0.25, 0.3) is 0 Å². The molecule has 0 aliphatic rings. The summed E-state index contributed by atoms with van der Waals surface area (Å²) in [4.78, 5) is 39.0. The predicted molar refractivity (Wildman–Crippen MR) is 98.2 cm³/mol. The van der Waals surface area contributed by atoms with Gasteiger partial charge in [-0.3, -0.25) is 4.98 Å². The molecule has 1 N–H and O–H groups in total. The second-order valence-corrected chi connectivity index (χ2v) is 6.10. The van der Waals surface area contributed by atoms with Crippen molar-refractivity contribution in [2.24, 2.45) is 0 Å². The zero-order valence-electron chi connectivity index (χ0n) is 13.9. The molecule has 7 nitrogen and oxygen atoms in total. The van der Waals surface area contributed by atoms with Crippen LogP contribution in [0.2, 0.25) is 5.02 Å². The molecule has 2 aromatic carbocycles. The number of aromatic nitrogens is 3. The van der Waals surface area contributed by atoms with E-state index in [1.54, 1.807) is 55.6 Å². The number of methoxy groups -OCH3 is 1. The lowest BCUT2D eigenvalue weighted by Crippen LogP contribution is -2.49. The highest BCUT2D eigenvalue weighted by Crippen LogP contribution is 2.11. The first kappa shape index (κ1) is 17.8. The van der Waals surface area contributed by atoms with Gasteiger partial charge in [0.25, 0.3) is 0 Å². The maximum Gasteiger partial charge on any atom is 0.336 e. The molecule has 0 spiro atoms. The molecule has 0 unspecified atom stereocenters. The smallest absolute Gasteiger partial charge is 0.336 e. The van der Waals surface area contributed by atoms with Crippen LogP contribution >= 0.6 is 11.6 Å². The number of benzene rings is 2. The van der Waals surface area contributed by atoms with E-state index in [1.807, 2.05) is 0 Å².